The van der Waals surface area contributed by atoms with Crippen LogP contribution in [0.1, 0.15) is 11.6 Å². The molecule has 0 bridgehead atoms. The van der Waals surface area contributed by atoms with Gasteiger partial charge in [-0.3, -0.25) is 10.1 Å². The van der Waals surface area contributed by atoms with Crippen LogP contribution in [0.4, 0.5) is 0 Å². The first-order chi connectivity index (χ1) is 15.7. The van der Waals surface area contributed by atoms with Crippen LogP contribution in [0.3, 0.4) is 0 Å². The molecule has 4 aromatic rings. The maximum absolute atomic E-state index is 5.19. The molecule has 0 radical (unpaired) electrons. The first kappa shape index (κ1) is 24.2. The van der Waals surface area contributed by atoms with Gasteiger partial charge in [0.2, 0.25) is 0 Å². The molecule has 0 spiro atoms. The van der Waals surface area contributed by atoms with Crippen molar-refractivity contribution in [3.63, 3.8) is 0 Å². The molecule has 2 aromatic carbocycles. The van der Waals surface area contributed by atoms with E-state index in [1.165, 1.54) is 0 Å². The summed E-state index contributed by atoms with van der Waals surface area (Å²) in [5, 5.41) is 10.6. The van der Waals surface area contributed by atoms with E-state index in [1.54, 1.807) is 14.2 Å². The normalized spacial score (nSPS) is 11.1. The van der Waals surface area contributed by atoms with Gasteiger partial charge in [0.15, 0.2) is 11.8 Å². The SMILES string of the molecule is CN=C(NCc1nc(-c2ccc(OC)cc2)n[nH]1)N(C)Cc1ncc(-c2ccccc2)[nH]1.I. The average molecular weight is 558 g/mol. The van der Waals surface area contributed by atoms with Gasteiger partial charge in [0.1, 0.15) is 17.4 Å². The zero-order chi connectivity index (χ0) is 22.3. The van der Waals surface area contributed by atoms with Crippen molar-refractivity contribution in [3.8, 4) is 28.4 Å². The number of benzene rings is 2. The highest BCUT2D eigenvalue weighted by molar-refractivity contribution is 14.0. The zero-order valence-electron chi connectivity index (χ0n) is 18.7. The van der Waals surface area contributed by atoms with Crippen LogP contribution in [0, 0.1) is 0 Å². The Hall–Kier alpha value is -3.41. The molecule has 0 aliphatic carbocycles. The van der Waals surface area contributed by atoms with Crippen LogP contribution in [0.5, 0.6) is 5.75 Å². The van der Waals surface area contributed by atoms with Crippen molar-refractivity contribution in [2.75, 3.05) is 21.2 Å². The van der Waals surface area contributed by atoms with E-state index in [2.05, 4.69) is 47.6 Å². The van der Waals surface area contributed by atoms with E-state index in [9.17, 15) is 0 Å². The number of halogens is 1. The predicted octanol–water partition coefficient (Wildman–Crippen LogP) is 3.70. The summed E-state index contributed by atoms with van der Waals surface area (Å²) in [5.74, 6) is 3.73. The van der Waals surface area contributed by atoms with Gasteiger partial charge in [0.25, 0.3) is 0 Å². The molecular weight excluding hydrogens is 531 g/mol. The first-order valence-corrected chi connectivity index (χ1v) is 10.2. The number of imidazole rings is 1. The molecule has 33 heavy (non-hydrogen) atoms. The fraction of sp³-hybridized carbons (Fsp3) is 0.217. The Balaban J connectivity index is 0.00000306. The zero-order valence-corrected chi connectivity index (χ0v) is 21.1. The number of methoxy groups -OCH3 is 1. The standard InChI is InChI=1S/C23H26N8O.HI/c1-24-23(31(2)15-21-25-13-19(27-21)16-7-5-4-6-8-16)26-14-20-28-22(30-29-20)17-9-11-18(32-3)12-10-17;/h4-13H,14-15H2,1-3H3,(H,24,26)(H,25,27)(H,28,29,30);1H. The Labute approximate surface area is 209 Å². The minimum atomic E-state index is 0. The molecule has 2 aromatic heterocycles. The Morgan fingerprint density at radius 1 is 1.06 bits per heavy atom. The van der Waals surface area contributed by atoms with Crippen molar-refractivity contribution in [2.45, 2.75) is 13.1 Å². The number of hydrogen-bond acceptors (Lipinski definition) is 5. The minimum absolute atomic E-state index is 0. The summed E-state index contributed by atoms with van der Waals surface area (Å²) < 4.78 is 5.19. The highest BCUT2D eigenvalue weighted by Crippen LogP contribution is 2.19. The highest BCUT2D eigenvalue weighted by Gasteiger charge is 2.12. The number of aliphatic imine (C=N–C) groups is 1. The third-order valence-corrected chi connectivity index (χ3v) is 4.97. The van der Waals surface area contributed by atoms with Gasteiger partial charge in [0, 0.05) is 19.7 Å². The van der Waals surface area contributed by atoms with Gasteiger partial charge in [-0.15, -0.1) is 24.0 Å². The van der Waals surface area contributed by atoms with Gasteiger partial charge < -0.3 is 19.9 Å². The van der Waals surface area contributed by atoms with E-state index in [1.807, 2.05) is 60.6 Å². The molecule has 4 rings (SSSR count). The number of nitrogens with one attached hydrogen (secondary N) is 3. The molecule has 172 valence electrons. The number of nitrogens with zero attached hydrogens (tertiary/aromatic N) is 5. The Bertz CT molecular complexity index is 1170. The topological polar surface area (TPSA) is 107 Å². The molecule has 3 N–H and O–H groups in total. The van der Waals surface area contributed by atoms with Crippen LogP contribution in [0.25, 0.3) is 22.6 Å². The molecule has 0 aliphatic heterocycles. The van der Waals surface area contributed by atoms with Crippen molar-refractivity contribution in [2.24, 2.45) is 4.99 Å². The third kappa shape index (κ3) is 6.09. The molecule has 0 fully saturated rings. The van der Waals surface area contributed by atoms with Crippen LogP contribution in [-0.2, 0) is 13.1 Å². The predicted molar refractivity (Wildman–Crippen MR) is 139 cm³/mol. The number of guanidine groups is 1. The number of aromatic nitrogens is 5. The summed E-state index contributed by atoms with van der Waals surface area (Å²) in [6.45, 7) is 1.05. The van der Waals surface area contributed by atoms with Crippen LogP contribution < -0.4 is 10.1 Å². The summed E-state index contributed by atoms with van der Waals surface area (Å²) in [6.07, 6.45) is 1.85. The second kappa shape index (κ2) is 11.5. The van der Waals surface area contributed by atoms with E-state index in [0.717, 1.165) is 40.2 Å². The molecule has 0 amide bonds. The van der Waals surface area contributed by atoms with Crippen LogP contribution in [0.15, 0.2) is 65.8 Å². The molecule has 2 heterocycles. The molecule has 0 aliphatic rings. The number of H-pyrrole nitrogens is 2. The lowest BCUT2D eigenvalue weighted by Crippen LogP contribution is -2.38. The van der Waals surface area contributed by atoms with E-state index < -0.39 is 0 Å². The van der Waals surface area contributed by atoms with Crippen molar-refractivity contribution in [3.05, 3.63) is 72.4 Å². The molecule has 0 unspecified atom stereocenters. The third-order valence-electron chi connectivity index (χ3n) is 4.97. The summed E-state index contributed by atoms with van der Waals surface area (Å²) >= 11 is 0. The molecule has 10 heteroatoms. The Kier molecular flexibility index (Phi) is 8.41. The number of hydrogen-bond donors (Lipinski definition) is 3. The lowest BCUT2D eigenvalue weighted by atomic mass is 10.2. The van der Waals surface area contributed by atoms with E-state index in [-0.39, 0.29) is 24.0 Å². The van der Waals surface area contributed by atoms with Crippen molar-refractivity contribution >= 4 is 29.9 Å². The van der Waals surface area contributed by atoms with Crippen LogP contribution in [0.2, 0.25) is 0 Å². The monoisotopic (exact) mass is 558 g/mol. The van der Waals surface area contributed by atoms with Gasteiger partial charge in [-0.2, -0.15) is 5.10 Å². The van der Waals surface area contributed by atoms with Crippen LogP contribution >= 0.6 is 24.0 Å². The Morgan fingerprint density at radius 2 is 1.82 bits per heavy atom. The molecule has 0 atom stereocenters. The van der Waals surface area contributed by atoms with Crippen LogP contribution in [-0.4, -0.2) is 57.2 Å². The molecular formula is C23H27IN8O. The average Bonchev–Trinajstić information content (AvgIpc) is 3.50. The fourth-order valence-electron chi connectivity index (χ4n) is 3.30. The summed E-state index contributed by atoms with van der Waals surface area (Å²) in [5.41, 5.74) is 3.01. The lowest BCUT2D eigenvalue weighted by molar-refractivity contribution is 0.415. The lowest BCUT2D eigenvalue weighted by Gasteiger charge is -2.20. The maximum atomic E-state index is 5.19. The van der Waals surface area contributed by atoms with Gasteiger partial charge >= 0.3 is 0 Å². The van der Waals surface area contributed by atoms with Gasteiger partial charge in [-0.25, -0.2) is 9.97 Å². The summed E-state index contributed by atoms with van der Waals surface area (Å²) in [4.78, 5) is 18.8. The van der Waals surface area contributed by atoms with Crippen molar-refractivity contribution in [1.29, 1.82) is 0 Å². The number of ether oxygens (including phenoxy) is 1. The van der Waals surface area contributed by atoms with Gasteiger partial charge in [-0.1, -0.05) is 30.3 Å². The molecule has 0 saturated heterocycles. The quantitative estimate of drug-likeness (QED) is 0.182. The first-order valence-electron chi connectivity index (χ1n) is 10.2. The minimum Gasteiger partial charge on any atom is -0.497 e. The molecule has 0 saturated carbocycles. The maximum Gasteiger partial charge on any atom is 0.194 e. The molecule has 9 nitrogen and oxygen atoms in total. The highest BCUT2D eigenvalue weighted by atomic mass is 127. The van der Waals surface area contributed by atoms with E-state index in [4.69, 9.17) is 4.74 Å². The summed E-state index contributed by atoms with van der Waals surface area (Å²) in [7, 11) is 5.35. The number of aromatic amines is 2. The van der Waals surface area contributed by atoms with E-state index in [0.29, 0.717) is 18.9 Å². The fourth-order valence-corrected chi connectivity index (χ4v) is 3.30. The van der Waals surface area contributed by atoms with E-state index >= 15 is 0 Å². The Morgan fingerprint density at radius 3 is 2.52 bits per heavy atom. The van der Waals surface area contributed by atoms with Crippen molar-refractivity contribution < 1.29 is 4.74 Å². The smallest absolute Gasteiger partial charge is 0.194 e. The second-order valence-corrected chi connectivity index (χ2v) is 7.20. The summed E-state index contributed by atoms with van der Waals surface area (Å²) in [6, 6.07) is 17.8. The second-order valence-electron chi connectivity index (χ2n) is 7.20. The van der Waals surface area contributed by atoms with Gasteiger partial charge in [-0.05, 0) is 29.8 Å². The van der Waals surface area contributed by atoms with Gasteiger partial charge in [0.05, 0.1) is 32.1 Å². The number of rotatable bonds is 7. The largest absolute Gasteiger partial charge is 0.497 e. The van der Waals surface area contributed by atoms with Crippen molar-refractivity contribution in [1.82, 2.24) is 35.4 Å².